The van der Waals surface area contributed by atoms with Gasteiger partial charge in [0.2, 0.25) is 5.91 Å². The summed E-state index contributed by atoms with van der Waals surface area (Å²) in [5.74, 6) is -0.302. The van der Waals surface area contributed by atoms with Crippen molar-refractivity contribution in [1.29, 1.82) is 0 Å². The van der Waals surface area contributed by atoms with Crippen molar-refractivity contribution in [2.75, 3.05) is 11.9 Å². The van der Waals surface area contributed by atoms with E-state index in [1.54, 1.807) is 0 Å². The third-order valence-corrected chi connectivity index (χ3v) is 5.84. The van der Waals surface area contributed by atoms with Crippen molar-refractivity contribution in [2.45, 2.75) is 44.6 Å². The minimum Gasteiger partial charge on any atom is -0.325 e. The van der Waals surface area contributed by atoms with Gasteiger partial charge in [0, 0.05) is 12.1 Å². The lowest BCUT2D eigenvalue weighted by atomic mass is 9.78. The number of aryl methyl sites for hydroxylation is 1. The number of amides is 4. The van der Waals surface area contributed by atoms with Gasteiger partial charge in [-0.05, 0) is 47.6 Å². The number of anilines is 1. The molecule has 0 radical (unpaired) electrons. The summed E-state index contributed by atoms with van der Waals surface area (Å²) in [6.07, 6.45) is 1.73. The smallest absolute Gasteiger partial charge is 0.325 e. The molecule has 0 saturated carbocycles. The first-order chi connectivity index (χ1) is 13.9. The van der Waals surface area contributed by atoms with E-state index >= 15 is 0 Å². The number of fused-ring (bicyclic) bond motifs is 1. The number of hydrogen-bond donors (Lipinski definition) is 2. The third kappa shape index (κ3) is 3.62. The van der Waals surface area contributed by atoms with E-state index in [1.165, 1.54) is 11.1 Å². The van der Waals surface area contributed by atoms with Crippen LogP contribution < -0.4 is 10.6 Å². The van der Waals surface area contributed by atoms with Crippen LogP contribution in [-0.4, -0.2) is 34.8 Å². The first-order valence-electron chi connectivity index (χ1n) is 9.99. The van der Waals surface area contributed by atoms with Crippen LogP contribution in [0.5, 0.6) is 0 Å². The van der Waals surface area contributed by atoms with Crippen LogP contribution in [0.3, 0.4) is 0 Å². The molecule has 4 rings (SSSR count). The molecule has 6 heteroatoms. The highest BCUT2D eigenvalue weighted by molar-refractivity contribution is 6.10. The number of urea groups is 1. The van der Waals surface area contributed by atoms with Gasteiger partial charge in [-0.1, -0.05) is 50.2 Å². The Kier molecular flexibility index (Phi) is 4.86. The molecule has 1 aliphatic heterocycles. The molecular formula is C23H25N3O3. The summed E-state index contributed by atoms with van der Waals surface area (Å²) in [5, 5.41) is 5.63. The summed E-state index contributed by atoms with van der Waals surface area (Å²) in [6.45, 7) is 3.91. The Morgan fingerprint density at radius 2 is 1.79 bits per heavy atom. The van der Waals surface area contributed by atoms with Crippen molar-refractivity contribution in [2.24, 2.45) is 0 Å². The normalized spacial score (nSPS) is 20.7. The van der Waals surface area contributed by atoms with Gasteiger partial charge in [0.05, 0.1) is 0 Å². The summed E-state index contributed by atoms with van der Waals surface area (Å²) >= 11 is 0. The molecule has 150 valence electrons. The Bertz CT molecular complexity index is 968. The number of hydrogen-bond acceptors (Lipinski definition) is 3. The highest BCUT2D eigenvalue weighted by Crippen LogP contribution is 2.33. The van der Waals surface area contributed by atoms with E-state index in [2.05, 4.69) is 30.5 Å². The van der Waals surface area contributed by atoms with Gasteiger partial charge in [-0.2, -0.15) is 0 Å². The zero-order chi connectivity index (χ0) is 20.6. The van der Waals surface area contributed by atoms with Crippen molar-refractivity contribution in [3.8, 4) is 0 Å². The van der Waals surface area contributed by atoms with Gasteiger partial charge in [0.1, 0.15) is 12.1 Å². The van der Waals surface area contributed by atoms with E-state index in [0.717, 1.165) is 16.9 Å². The SMILES string of the molecule is CC(C)c1ccc(NC(=O)CN2C(=O)NC3(CCc4ccccc4C3)C2=O)cc1. The molecule has 1 fully saturated rings. The van der Waals surface area contributed by atoms with Crippen LogP contribution in [0.15, 0.2) is 48.5 Å². The van der Waals surface area contributed by atoms with E-state index in [1.807, 2.05) is 42.5 Å². The average Bonchev–Trinajstić information content (AvgIpc) is 2.92. The zero-order valence-electron chi connectivity index (χ0n) is 16.7. The molecule has 2 aliphatic rings. The maximum Gasteiger partial charge on any atom is 0.325 e. The van der Waals surface area contributed by atoms with Gasteiger partial charge >= 0.3 is 6.03 Å². The van der Waals surface area contributed by atoms with Crippen LogP contribution in [0.2, 0.25) is 0 Å². The lowest BCUT2D eigenvalue weighted by Gasteiger charge is -2.32. The van der Waals surface area contributed by atoms with Crippen LogP contribution in [0.4, 0.5) is 10.5 Å². The number of imide groups is 1. The van der Waals surface area contributed by atoms with Crippen LogP contribution in [-0.2, 0) is 22.4 Å². The molecule has 1 unspecified atom stereocenters. The maximum atomic E-state index is 13.1. The second-order valence-corrected chi connectivity index (χ2v) is 8.17. The fourth-order valence-corrected chi connectivity index (χ4v) is 4.14. The van der Waals surface area contributed by atoms with Gasteiger partial charge in [-0.15, -0.1) is 0 Å². The molecule has 1 aliphatic carbocycles. The standard InChI is InChI=1S/C23H25N3O3/c1-15(2)16-7-9-19(10-8-16)24-20(27)14-26-21(28)23(25-22(26)29)12-11-17-5-3-4-6-18(17)13-23/h3-10,15H,11-14H2,1-2H3,(H,24,27)(H,25,29). The molecule has 0 bridgehead atoms. The minimum absolute atomic E-state index is 0.292. The molecule has 1 spiro atoms. The Labute approximate surface area is 170 Å². The zero-order valence-corrected chi connectivity index (χ0v) is 16.7. The topological polar surface area (TPSA) is 78.5 Å². The van der Waals surface area contributed by atoms with Crippen molar-refractivity contribution in [3.05, 3.63) is 65.2 Å². The number of carbonyl (C=O) groups excluding carboxylic acids is 3. The Hall–Kier alpha value is -3.15. The predicted octanol–water partition coefficient (Wildman–Crippen LogP) is 3.23. The van der Waals surface area contributed by atoms with Crippen LogP contribution >= 0.6 is 0 Å². The van der Waals surface area contributed by atoms with Gasteiger partial charge < -0.3 is 10.6 Å². The van der Waals surface area contributed by atoms with Gasteiger partial charge in [0.25, 0.3) is 5.91 Å². The molecule has 6 nitrogen and oxygen atoms in total. The van der Waals surface area contributed by atoms with E-state index in [0.29, 0.717) is 24.4 Å². The summed E-state index contributed by atoms with van der Waals surface area (Å²) in [5.41, 5.74) is 3.17. The minimum atomic E-state index is -0.940. The second-order valence-electron chi connectivity index (χ2n) is 8.17. The molecule has 4 amide bonds. The third-order valence-electron chi connectivity index (χ3n) is 5.84. The Morgan fingerprint density at radius 1 is 1.10 bits per heavy atom. The summed E-state index contributed by atoms with van der Waals surface area (Å²) in [6, 6.07) is 15.1. The molecule has 1 atom stereocenters. The fraction of sp³-hybridized carbons (Fsp3) is 0.348. The fourth-order valence-electron chi connectivity index (χ4n) is 4.14. The predicted molar refractivity (Wildman–Crippen MR) is 111 cm³/mol. The number of carbonyl (C=O) groups is 3. The van der Waals surface area contributed by atoms with Crippen molar-refractivity contribution >= 4 is 23.5 Å². The number of nitrogens with one attached hydrogen (secondary N) is 2. The lowest BCUT2D eigenvalue weighted by molar-refractivity contribution is -0.134. The van der Waals surface area contributed by atoms with Gasteiger partial charge in [0.15, 0.2) is 0 Å². The molecule has 0 aromatic heterocycles. The highest BCUT2D eigenvalue weighted by Gasteiger charge is 2.52. The van der Waals surface area contributed by atoms with Crippen LogP contribution in [0, 0.1) is 0 Å². The Morgan fingerprint density at radius 3 is 2.48 bits per heavy atom. The number of benzene rings is 2. The summed E-state index contributed by atoms with van der Waals surface area (Å²) < 4.78 is 0. The molecular weight excluding hydrogens is 366 g/mol. The maximum absolute atomic E-state index is 13.1. The lowest BCUT2D eigenvalue weighted by Crippen LogP contribution is -2.51. The molecule has 2 N–H and O–H groups in total. The van der Waals surface area contributed by atoms with Crippen molar-refractivity contribution in [3.63, 3.8) is 0 Å². The van der Waals surface area contributed by atoms with Gasteiger partial charge in [-0.25, -0.2) is 4.79 Å². The second kappa shape index (κ2) is 7.35. The number of nitrogens with zero attached hydrogens (tertiary/aromatic N) is 1. The van der Waals surface area contributed by atoms with Crippen molar-refractivity contribution in [1.82, 2.24) is 10.2 Å². The van der Waals surface area contributed by atoms with Crippen LogP contribution in [0.1, 0.15) is 42.9 Å². The first kappa shape index (κ1) is 19.2. The van der Waals surface area contributed by atoms with E-state index in [9.17, 15) is 14.4 Å². The molecule has 2 aromatic carbocycles. The van der Waals surface area contributed by atoms with E-state index in [-0.39, 0.29) is 18.4 Å². The highest BCUT2D eigenvalue weighted by atomic mass is 16.2. The molecule has 1 saturated heterocycles. The molecule has 2 aromatic rings. The molecule has 29 heavy (non-hydrogen) atoms. The van der Waals surface area contributed by atoms with Crippen molar-refractivity contribution < 1.29 is 14.4 Å². The summed E-state index contributed by atoms with van der Waals surface area (Å²) in [4.78, 5) is 39.1. The van der Waals surface area contributed by atoms with Gasteiger partial charge in [-0.3, -0.25) is 14.5 Å². The summed E-state index contributed by atoms with van der Waals surface area (Å²) in [7, 11) is 0. The van der Waals surface area contributed by atoms with Crippen LogP contribution in [0.25, 0.3) is 0 Å². The molecule has 1 heterocycles. The van der Waals surface area contributed by atoms with E-state index in [4.69, 9.17) is 0 Å². The quantitative estimate of drug-likeness (QED) is 0.786. The van der Waals surface area contributed by atoms with E-state index < -0.39 is 11.6 Å². The average molecular weight is 391 g/mol. The Balaban J connectivity index is 1.44. The first-order valence-corrected chi connectivity index (χ1v) is 9.99. The largest absolute Gasteiger partial charge is 0.325 e. The number of rotatable bonds is 4. The monoisotopic (exact) mass is 391 g/mol.